The molecule has 14 heavy (non-hydrogen) atoms. The van der Waals surface area contributed by atoms with Gasteiger partial charge < -0.3 is 10.2 Å². The van der Waals surface area contributed by atoms with E-state index in [1.165, 1.54) is 0 Å². The minimum absolute atomic E-state index is 0.626. The molecule has 1 N–H and O–H groups in total. The Bertz CT molecular complexity index is 349. The van der Waals surface area contributed by atoms with Crippen molar-refractivity contribution in [2.45, 2.75) is 0 Å². The van der Waals surface area contributed by atoms with Crippen LogP contribution in [0.15, 0.2) is 18.5 Å². The molecule has 1 aromatic heterocycles. The molecule has 4 nitrogen and oxygen atoms in total. The van der Waals surface area contributed by atoms with Crippen LogP contribution in [0.3, 0.4) is 0 Å². The van der Waals surface area contributed by atoms with Gasteiger partial charge in [-0.25, -0.2) is 0 Å². The van der Waals surface area contributed by atoms with E-state index < -0.39 is 0 Å². The van der Waals surface area contributed by atoms with Crippen molar-refractivity contribution in [2.24, 2.45) is 0 Å². The minimum Gasteiger partial charge on any atom is -0.368 e. The van der Waals surface area contributed by atoms with E-state index >= 15 is 0 Å². The first-order valence-corrected chi connectivity index (χ1v) is 4.71. The molecule has 1 aromatic rings. The lowest BCUT2D eigenvalue weighted by molar-refractivity contribution is 0.588. The van der Waals surface area contributed by atoms with Crippen LogP contribution in [0.5, 0.6) is 0 Å². The lowest BCUT2D eigenvalue weighted by Gasteiger charge is -2.29. The molecular formula is C10H12N4. The van der Waals surface area contributed by atoms with E-state index in [1.54, 1.807) is 6.20 Å². The standard InChI is InChI=1S/C10H12N4/c11-6-9-5-10(8-13-7-9)14-3-1-12-2-4-14/h5,7-8,12H,1-4H2. The molecule has 0 amide bonds. The zero-order chi connectivity index (χ0) is 9.80. The van der Waals surface area contributed by atoms with E-state index in [1.807, 2.05) is 12.3 Å². The molecule has 1 fully saturated rings. The fraction of sp³-hybridized carbons (Fsp3) is 0.400. The minimum atomic E-state index is 0.626. The Morgan fingerprint density at radius 3 is 2.86 bits per heavy atom. The van der Waals surface area contributed by atoms with Gasteiger partial charge in [-0.15, -0.1) is 0 Å². The van der Waals surface area contributed by atoms with Gasteiger partial charge in [0.2, 0.25) is 0 Å². The highest BCUT2D eigenvalue weighted by molar-refractivity contribution is 5.49. The van der Waals surface area contributed by atoms with Gasteiger partial charge in [0, 0.05) is 32.4 Å². The fourth-order valence-corrected chi connectivity index (χ4v) is 1.58. The lowest BCUT2D eigenvalue weighted by Crippen LogP contribution is -2.43. The Morgan fingerprint density at radius 2 is 2.14 bits per heavy atom. The summed E-state index contributed by atoms with van der Waals surface area (Å²) in [6.45, 7) is 3.96. The molecule has 2 rings (SSSR count). The van der Waals surface area contributed by atoms with Crippen LogP contribution in [0.1, 0.15) is 5.56 Å². The third-order valence-corrected chi connectivity index (χ3v) is 2.34. The van der Waals surface area contributed by atoms with Gasteiger partial charge in [0.15, 0.2) is 0 Å². The summed E-state index contributed by atoms with van der Waals surface area (Å²) in [6, 6.07) is 3.99. The van der Waals surface area contributed by atoms with Gasteiger partial charge in [0.1, 0.15) is 6.07 Å². The van der Waals surface area contributed by atoms with E-state index in [0.29, 0.717) is 5.56 Å². The predicted molar refractivity (Wildman–Crippen MR) is 54.0 cm³/mol. The number of piperazine rings is 1. The maximum absolute atomic E-state index is 8.74. The van der Waals surface area contributed by atoms with Crippen molar-refractivity contribution in [3.8, 4) is 6.07 Å². The Morgan fingerprint density at radius 1 is 1.36 bits per heavy atom. The molecule has 2 heterocycles. The quantitative estimate of drug-likeness (QED) is 0.691. The van der Waals surface area contributed by atoms with E-state index in [0.717, 1.165) is 31.9 Å². The van der Waals surface area contributed by atoms with Crippen molar-refractivity contribution in [2.75, 3.05) is 31.1 Å². The summed E-state index contributed by atoms with van der Waals surface area (Å²) in [5.41, 5.74) is 1.67. The SMILES string of the molecule is N#Cc1cncc(N2CCNCC2)c1. The van der Waals surface area contributed by atoms with Crippen molar-refractivity contribution in [1.82, 2.24) is 10.3 Å². The number of anilines is 1. The van der Waals surface area contributed by atoms with Crippen LogP contribution in [0.25, 0.3) is 0 Å². The summed E-state index contributed by atoms with van der Waals surface area (Å²) in [7, 11) is 0. The number of rotatable bonds is 1. The van der Waals surface area contributed by atoms with E-state index in [9.17, 15) is 0 Å². The fourth-order valence-electron chi connectivity index (χ4n) is 1.58. The van der Waals surface area contributed by atoms with Gasteiger partial charge in [-0.2, -0.15) is 5.26 Å². The molecule has 0 bridgehead atoms. The third kappa shape index (κ3) is 1.83. The average molecular weight is 188 g/mol. The second-order valence-corrected chi connectivity index (χ2v) is 3.28. The van der Waals surface area contributed by atoms with Crippen molar-refractivity contribution in [3.05, 3.63) is 24.0 Å². The molecule has 0 atom stereocenters. The van der Waals surface area contributed by atoms with E-state index in [-0.39, 0.29) is 0 Å². The topological polar surface area (TPSA) is 52.0 Å². The maximum Gasteiger partial charge on any atom is 0.101 e. The van der Waals surface area contributed by atoms with Crippen LogP contribution >= 0.6 is 0 Å². The average Bonchev–Trinajstić information content (AvgIpc) is 2.30. The first-order valence-electron chi connectivity index (χ1n) is 4.71. The molecule has 1 aliphatic heterocycles. The third-order valence-electron chi connectivity index (χ3n) is 2.34. The van der Waals surface area contributed by atoms with Gasteiger partial charge in [-0.05, 0) is 6.07 Å². The van der Waals surface area contributed by atoms with E-state index in [2.05, 4.69) is 21.3 Å². The summed E-state index contributed by atoms with van der Waals surface area (Å²) in [5, 5.41) is 12.0. The van der Waals surface area contributed by atoms with Crippen LogP contribution in [0, 0.1) is 11.3 Å². The van der Waals surface area contributed by atoms with Crippen LogP contribution in [0.4, 0.5) is 5.69 Å². The Labute approximate surface area is 83.2 Å². The molecule has 0 spiro atoms. The first-order chi connectivity index (χ1) is 6.90. The van der Waals surface area contributed by atoms with Crippen molar-refractivity contribution < 1.29 is 0 Å². The van der Waals surface area contributed by atoms with Crippen molar-refractivity contribution >= 4 is 5.69 Å². The van der Waals surface area contributed by atoms with Crippen molar-refractivity contribution in [1.29, 1.82) is 5.26 Å². The summed E-state index contributed by atoms with van der Waals surface area (Å²) in [6.07, 6.45) is 3.40. The molecule has 0 radical (unpaired) electrons. The molecule has 0 aliphatic carbocycles. The molecule has 0 saturated carbocycles. The summed E-state index contributed by atoms with van der Waals surface area (Å²) in [5.74, 6) is 0. The number of hydrogen-bond donors (Lipinski definition) is 1. The second-order valence-electron chi connectivity index (χ2n) is 3.28. The normalized spacial score (nSPS) is 16.4. The maximum atomic E-state index is 8.74. The number of hydrogen-bond acceptors (Lipinski definition) is 4. The number of nitrogens with one attached hydrogen (secondary N) is 1. The second kappa shape index (κ2) is 4.07. The van der Waals surface area contributed by atoms with Gasteiger partial charge >= 0.3 is 0 Å². The Balaban J connectivity index is 2.18. The predicted octanol–water partition coefficient (Wildman–Crippen LogP) is 0.363. The summed E-state index contributed by atoms with van der Waals surface area (Å²) >= 11 is 0. The number of pyridine rings is 1. The molecule has 1 aliphatic rings. The number of nitriles is 1. The largest absolute Gasteiger partial charge is 0.368 e. The van der Waals surface area contributed by atoms with Crippen LogP contribution in [-0.4, -0.2) is 31.2 Å². The highest BCUT2D eigenvalue weighted by atomic mass is 15.2. The van der Waals surface area contributed by atoms with Crippen LogP contribution in [-0.2, 0) is 0 Å². The monoisotopic (exact) mass is 188 g/mol. The lowest BCUT2D eigenvalue weighted by atomic mass is 10.2. The van der Waals surface area contributed by atoms with Crippen LogP contribution < -0.4 is 10.2 Å². The van der Waals surface area contributed by atoms with Gasteiger partial charge in [0.25, 0.3) is 0 Å². The first kappa shape index (κ1) is 8.97. The van der Waals surface area contributed by atoms with E-state index in [4.69, 9.17) is 5.26 Å². The van der Waals surface area contributed by atoms with Gasteiger partial charge in [-0.3, -0.25) is 4.98 Å². The smallest absolute Gasteiger partial charge is 0.101 e. The van der Waals surface area contributed by atoms with Crippen LogP contribution in [0.2, 0.25) is 0 Å². The van der Waals surface area contributed by atoms with Gasteiger partial charge in [0.05, 0.1) is 17.4 Å². The molecule has 1 saturated heterocycles. The highest BCUT2D eigenvalue weighted by Crippen LogP contribution is 2.14. The zero-order valence-corrected chi connectivity index (χ0v) is 7.90. The van der Waals surface area contributed by atoms with Crippen molar-refractivity contribution in [3.63, 3.8) is 0 Å². The number of nitrogens with zero attached hydrogens (tertiary/aromatic N) is 3. The Hall–Kier alpha value is -1.60. The van der Waals surface area contributed by atoms with Gasteiger partial charge in [-0.1, -0.05) is 0 Å². The molecular weight excluding hydrogens is 176 g/mol. The summed E-state index contributed by atoms with van der Waals surface area (Å²) in [4.78, 5) is 6.29. The Kier molecular flexibility index (Phi) is 2.61. The number of aromatic nitrogens is 1. The molecule has 4 heteroatoms. The summed E-state index contributed by atoms with van der Waals surface area (Å²) < 4.78 is 0. The molecule has 0 aromatic carbocycles. The molecule has 72 valence electrons. The zero-order valence-electron chi connectivity index (χ0n) is 7.90. The molecule has 0 unspecified atom stereocenters. The highest BCUT2D eigenvalue weighted by Gasteiger charge is 2.10.